The van der Waals surface area contributed by atoms with Gasteiger partial charge in [0.25, 0.3) is 0 Å². The van der Waals surface area contributed by atoms with Crippen molar-refractivity contribution in [3.63, 3.8) is 0 Å². The molecular formula is C57H42N2O. The molecule has 0 radical (unpaired) electrons. The number of allylic oxidation sites excluding steroid dienone is 2. The lowest BCUT2D eigenvalue weighted by Gasteiger charge is -2.42. The van der Waals surface area contributed by atoms with Crippen molar-refractivity contribution in [2.75, 3.05) is 9.80 Å². The Morgan fingerprint density at radius 2 is 1.08 bits per heavy atom. The first-order chi connectivity index (χ1) is 29.6. The third-order valence-corrected chi connectivity index (χ3v) is 12.1. The monoisotopic (exact) mass is 770 g/mol. The zero-order chi connectivity index (χ0) is 40.0. The van der Waals surface area contributed by atoms with Crippen LogP contribution in [0.5, 0.6) is 0 Å². The van der Waals surface area contributed by atoms with Crippen molar-refractivity contribution in [2.24, 2.45) is 0 Å². The summed E-state index contributed by atoms with van der Waals surface area (Å²) in [5, 5.41) is 6.96. The number of benzene rings is 9. The minimum atomic E-state index is -0.249. The van der Waals surface area contributed by atoms with Crippen LogP contribution in [0, 0.1) is 0 Å². The maximum absolute atomic E-state index is 6.37. The second-order valence-corrected chi connectivity index (χ2v) is 15.9. The molecule has 1 aliphatic carbocycles. The van der Waals surface area contributed by atoms with Crippen LogP contribution in [0.25, 0.3) is 65.7 Å². The molecular weight excluding hydrogens is 729 g/mol. The van der Waals surface area contributed by atoms with Crippen LogP contribution < -0.4 is 9.80 Å². The van der Waals surface area contributed by atoms with Crippen LogP contribution in [-0.4, -0.2) is 5.54 Å². The van der Waals surface area contributed by atoms with Crippen molar-refractivity contribution in [1.82, 2.24) is 0 Å². The molecule has 1 aliphatic rings. The molecule has 0 N–H and O–H groups in total. The summed E-state index contributed by atoms with van der Waals surface area (Å²) in [5.74, 6) is 0. The van der Waals surface area contributed by atoms with Gasteiger partial charge in [0.05, 0.1) is 16.9 Å². The number of para-hydroxylation sites is 3. The van der Waals surface area contributed by atoms with Crippen LogP contribution in [0.3, 0.4) is 0 Å². The standard InChI is InChI=1S/C57H42N2O/c1-57(35-15-4-16-36-57)59(44-20-7-3-8-21-44)46-31-33-49-51(39-46)47-22-10-9-19-43(47)37-54(49)58(45-32-34-56-52(38-45)50-24-12-14-26-55(50)60-56)53-25-13-11-23-48(53)42-29-27-41(28-30-42)40-17-5-2-6-18-40/h2-35,37-39H,36H2,1H3. The molecule has 9 aromatic carbocycles. The summed E-state index contributed by atoms with van der Waals surface area (Å²) in [6.45, 7) is 2.33. The predicted octanol–water partition coefficient (Wildman–Crippen LogP) is 16.1. The van der Waals surface area contributed by atoms with Crippen molar-refractivity contribution < 1.29 is 4.42 Å². The Balaban J connectivity index is 1.16. The van der Waals surface area contributed by atoms with Crippen LogP contribution in [-0.2, 0) is 0 Å². The van der Waals surface area contributed by atoms with Gasteiger partial charge in [-0.05, 0) is 107 Å². The molecule has 1 heterocycles. The van der Waals surface area contributed by atoms with Gasteiger partial charge < -0.3 is 14.2 Å². The van der Waals surface area contributed by atoms with Crippen LogP contribution in [0.1, 0.15) is 13.3 Å². The first kappa shape index (κ1) is 35.5. The molecule has 1 atom stereocenters. The van der Waals surface area contributed by atoms with Crippen LogP contribution in [0.15, 0.2) is 229 Å². The lowest BCUT2D eigenvalue weighted by Crippen LogP contribution is -2.42. The molecule has 1 unspecified atom stereocenters. The summed E-state index contributed by atoms with van der Waals surface area (Å²) in [4.78, 5) is 4.96. The highest BCUT2D eigenvalue weighted by molar-refractivity contribution is 6.16. The van der Waals surface area contributed by atoms with E-state index >= 15 is 0 Å². The quantitative estimate of drug-likeness (QED) is 0.144. The van der Waals surface area contributed by atoms with E-state index in [0.29, 0.717) is 0 Å². The number of hydrogen-bond donors (Lipinski definition) is 0. The second-order valence-electron chi connectivity index (χ2n) is 15.9. The normalized spacial score (nSPS) is 14.9. The molecule has 0 saturated heterocycles. The molecule has 0 saturated carbocycles. The Morgan fingerprint density at radius 1 is 0.433 bits per heavy atom. The molecule has 0 aliphatic heterocycles. The van der Waals surface area contributed by atoms with E-state index in [0.717, 1.165) is 67.9 Å². The van der Waals surface area contributed by atoms with Crippen LogP contribution in [0.2, 0.25) is 0 Å². The number of hydrogen-bond acceptors (Lipinski definition) is 3. The highest BCUT2D eigenvalue weighted by atomic mass is 16.3. The van der Waals surface area contributed by atoms with Gasteiger partial charge in [-0.2, -0.15) is 0 Å². The number of nitrogens with zero attached hydrogens (tertiary/aromatic N) is 2. The van der Waals surface area contributed by atoms with E-state index in [1.807, 2.05) is 12.1 Å². The smallest absolute Gasteiger partial charge is 0.135 e. The Labute approximate surface area is 350 Å². The first-order valence-electron chi connectivity index (χ1n) is 20.7. The van der Waals surface area contributed by atoms with Gasteiger partial charge in [0.15, 0.2) is 0 Å². The van der Waals surface area contributed by atoms with Gasteiger partial charge in [-0.3, -0.25) is 0 Å². The fourth-order valence-electron chi connectivity index (χ4n) is 9.24. The molecule has 286 valence electrons. The van der Waals surface area contributed by atoms with Gasteiger partial charge in [0, 0.05) is 38.8 Å². The van der Waals surface area contributed by atoms with E-state index in [4.69, 9.17) is 4.42 Å². The van der Waals surface area contributed by atoms with Gasteiger partial charge in [-0.15, -0.1) is 0 Å². The van der Waals surface area contributed by atoms with E-state index < -0.39 is 0 Å². The topological polar surface area (TPSA) is 19.6 Å². The number of rotatable bonds is 8. The highest BCUT2D eigenvalue weighted by Gasteiger charge is 2.31. The van der Waals surface area contributed by atoms with Gasteiger partial charge >= 0.3 is 0 Å². The van der Waals surface area contributed by atoms with E-state index in [1.54, 1.807) is 0 Å². The number of furan rings is 1. The Bertz CT molecular complexity index is 3250. The SMILES string of the molecule is CC1(N(c2ccccc2)c2ccc3c(N(c4ccc5oc6ccccc6c5c4)c4ccccc4-c4ccc(-c5ccccc5)cc4)cc4ccccc4c3c2)C=CC=CC1. The van der Waals surface area contributed by atoms with Crippen molar-refractivity contribution in [3.05, 3.63) is 224 Å². The van der Waals surface area contributed by atoms with Crippen LogP contribution in [0.4, 0.5) is 28.4 Å². The highest BCUT2D eigenvalue weighted by Crippen LogP contribution is 2.48. The maximum atomic E-state index is 6.37. The van der Waals surface area contributed by atoms with Crippen molar-refractivity contribution in [3.8, 4) is 22.3 Å². The largest absolute Gasteiger partial charge is 0.456 e. The average Bonchev–Trinajstić information content (AvgIpc) is 3.68. The van der Waals surface area contributed by atoms with E-state index in [2.05, 4.69) is 229 Å². The minimum Gasteiger partial charge on any atom is -0.456 e. The predicted molar refractivity (Wildman–Crippen MR) is 254 cm³/mol. The zero-order valence-electron chi connectivity index (χ0n) is 33.4. The zero-order valence-corrected chi connectivity index (χ0v) is 33.4. The summed E-state index contributed by atoms with van der Waals surface area (Å²) >= 11 is 0. The Kier molecular flexibility index (Phi) is 8.67. The summed E-state index contributed by atoms with van der Waals surface area (Å²) in [5.41, 5.74) is 11.8. The second kappa shape index (κ2) is 14.6. The lowest BCUT2D eigenvalue weighted by atomic mass is 9.89. The van der Waals surface area contributed by atoms with Crippen LogP contribution >= 0.6 is 0 Å². The molecule has 0 bridgehead atoms. The number of anilines is 5. The summed E-state index contributed by atoms with van der Waals surface area (Å²) in [6, 6.07) is 72.4. The Hall–Kier alpha value is -7.62. The molecule has 11 rings (SSSR count). The van der Waals surface area contributed by atoms with Crippen molar-refractivity contribution >= 4 is 71.9 Å². The summed E-state index contributed by atoms with van der Waals surface area (Å²) in [6.07, 6.45) is 9.84. The molecule has 0 spiro atoms. The van der Waals surface area contributed by atoms with Crippen molar-refractivity contribution in [2.45, 2.75) is 18.9 Å². The molecule has 1 aromatic heterocycles. The van der Waals surface area contributed by atoms with Gasteiger partial charge in [-0.25, -0.2) is 0 Å². The van der Waals surface area contributed by atoms with E-state index in [1.165, 1.54) is 32.7 Å². The maximum Gasteiger partial charge on any atom is 0.135 e. The van der Waals surface area contributed by atoms with Gasteiger partial charge in [-0.1, -0.05) is 164 Å². The fraction of sp³-hybridized carbons (Fsp3) is 0.0526. The molecule has 10 aromatic rings. The molecule has 3 heteroatoms. The summed E-state index contributed by atoms with van der Waals surface area (Å²) in [7, 11) is 0. The third-order valence-electron chi connectivity index (χ3n) is 12.1. The molecule has 3 nitrogen and oxygen atoms in total. The first-order valence-corrected chi connectivity index (χ1v) is 20.7. The third kappa shape index (κ3) is 6.15. The number of fused-ring (bicyclic) bond motifs is 6. The lowest BCUT2D eigenvalue weighted by molar-refractivity contribution is 0.570. The molecule has 60 heavy (non-hydrogen) atoms. The molecule has 0 amide bonds. The average molecular weight is 771 g/mol. The Morgan fingerprint density at radius 3 is 1.90 bits per heavy atom. The van der Waals surface area contributed by atoms with E-state index in [-0.39, 0.29) is 5.54 Å². The van der Waals surface area contributed by atoms with Crippen molar-refractivity contribution in [1.29, 1.82) is 0 Å². The summed E-state index contributed by atoms with van der Waals surface area (Å²) < 4.78 is 6.37. The molecule has 0 fully saturated rings. The van der Waals surface area contributed by atoms with Gasteiger partial charge in [0.1, 0.15) is 11.2 Å². The van der Waals surface area contributed by atoms with E-state index in [9.17, 15) is 0 Å². The minimum absolute atomic E-state index is 0.249. The van der Waals surface area contributed by atoms with Gasteiger partial charge in [0.2, 0.25) is 0 Å². The fourth-order valence-corrected chi connectivity index (χ4v) is 9.24.